The first-order chi connectivity index (χ1) is 9.70. The van der Waals surface area contributed by atoms with Crippen molar-refractivity contribution in [3.63, 3.8) is 0 Å². The van der Waals surface area contributed by atoms with Crippen LogP contribution in [0.2, 0.25) is 0 Å². The average Bonchev–Trinajstić information content (AvgIpc) is 2.75. The molecule has 4 nitrogen and oxygen atoms in total. The summed E-state index contributed by atoms with van der Waals surface area (Å²) in [5.74, 6) is 0.920. The van der Waals surface area contributed by atoms with Crippen LogP contribution < -0.4 is 11.1 Å². The maximum Gasteiger partial charge on any atom is 0.152 e. The molecule has 0 unspecified atom stereocenters. The topological polar surface area (TPSA) is 55.9 Å². The van der Waals surface area contributed by atoms with Crippen molar-refractivity contribution in [1.29, 1.82) is 0 Å². The Morgan fingerprint density at radius 2 is 2.10 bits per heavy atom. The molecule has 3 N–H and O–H groups in total. The molecule has 0 aliphatic heterocycles. The Bertz CT molecular complexity index is 628. The summed E-state index contributed by atoms with van der Waals surface area (Å²) in [5.41, 5.74) is 11.9. The Labute approximate surface area is 120 Å². The normalized spacial score (nSPS) is 14.1. The number of aryl methyl sites for hydroxylation is 3. The van der Waals surface area contributed by atoms with Crippen LogP contribution in [-0.4, -0.2) is 9.78 Å². The van der Waals surface area contributed by atoms with E-state index < -0.39 is 0 Å². The smallest absolute Gasteiger partial charge is 0.152 e. The highest BCUT2D eigenvalue weighted by Crippen LogP contribution is 2.32. The molecule has 4 heteroatoms. The molecule has 20 heavy (non-hydrogen) atoms. The van der Waals surface area contributed by atoms with Gasteiger partial charge in [-0.05, 0) is 56.7 Å². The van der Waals surface area contributed by atoms with Crippen molar-refractivity contribution < 1.29 is 0 Å². The van der Waals surface area contributed by atoms with Gasteiger partial charge in [-0.1, -0.05) is 12.1 Å². The van der Waals surface area contributed by atoms with Crippen LogP contribution in [0.3, 0.4) is 0 Å². The summed E-state index contributed by atoms with van der Waals surface area (Å²) in [5, 5.41) is 7.98. The number of fused-ring (bicyclic) bond motifs is 1. The van der Waals surface area contributed by atoms with Gasteiger partial charge < -0.3 is 11.1 Å². The number of hydrogen-bond donors (Lipinski definition) is 2. The van der Waals surface area contributed by atoms with Crippen molar-refractivity contribution in [3.8, 4) is 0 Å². The Kier molecular flexibility index (Phi) is 3.38. The first-order valence-electron chi connectivity index (χ1n) is 7.41. The lowest BCUT2D eigenvalue weighted by atomic mass is 9.90. The lowest BCUT2D eigenvalue weighted by Gasteiger charge is -2.20. The summed E-state index contributed by atoms with van der Waals surface area (Å²) in [4.78, 5) is 0. The number of nitrogens with two attached hydrogens (primary N) is 1. The van der Waals surface area contributed by atoms with Crippen LogP contribution in [0.1, 0.15) is 36.6 Å². The molecular weight excluding hydrogens is 248 g/mol. The summed E-state index contributed by atoms with van der Waals surface area (Å²) >= 11 is 0. The summed E-state index contributed by atoms with van der Waals surface area (Å²) in [7, 11) is 0. The Morgan fingerprint density at radius 3 is 2.90 bits per heavy atom. The van der Waals surface area contributed by atoms with Crippen molar-refractivity contribution in [2.45, 2.75) is 46.1 Å². The minimum absolute atomic E-state index is 0.750. The third-order valence-electron chi connectivity index (χ3n) is 4.12. The van der Waals surface area contributed by atoms with E-state index in [9.17, 15) is 0 Å². The largest absolute Gasteiger partial charge is 0.394 e. The molecular formula is C16H22N4. The second-order valence-electron chi connectivity index (χ2n) is 5.44. The van der Waals surface area contributed by atoms with E-state index in [0.717, 1.165) is 30.2 Å². The predicted molar refractivity (Wildman–Crippen MR) is 83.4 cm³/mol. The quantitative estimate of drug-likeness (QED) is 0.898. The van der Waals surface area contributed by atoms with Gasteiger partial charge in [0, 0.05) is 12.2 Å². The number of anilines is 3. The fourth-order valence-corrected chi connectivity index (χ4v) is 2.98. The molecule has 0 saturated carbocycles. The molecule has 1 aliphatic carbocycles. The van der Waals surface area contributed by atoms with Crippen LogP contribution in [0, 0.1) is 6.92 Å². The Morgan fingerprint density at radius 1 is 1.30 bits per heavy atom. The van der Waals surface area contributed by atoms with Crippen LogP contribution in [0.25, 0.3) is 0 Å². The number of nitrogens with one attached hydrogen (secondary N) is 1. The number of benzene rings is 1. The zero-order chi connectivity index (χ0) is 14.1. The first kappa shape index (κ1) is 13.0. The molecule has 0 spiro atoms. The summed E-state index contributed by atoms with van der Waals surface area (Å²) < 4.78 is 1.94. The van der Waals surface area contributed by atoms with Gasteiger partial charge in [-0.15, -0.1) is 0 Å². The fraction of sp³-hybridized carbons (Fsp3) is 0.438. The molecule has 1 aromatic heterocycles. The van der Waals surface area contributed by atoms with Crippen molar-refractivity contribution in [2.24, 2.45) is 0 Å². The van der Waals surface area contributed by atoms with Gasteiger partial charge >= 0.3 is 0 Å². The molecule has 0 fully saturated rings. The highest BCUT2D eigenvalue weighted by molar-refractivity contribution is 5.73. The summed E-state index contributed by atoms with van der Waals surface area (Å²) in [6.07, 6.45) is 4.90. The van der Waals surface area contributed by atoms with Crippen molar-refractivity contribution in [3.05, 3.63) is 35.0 Å². The lowest BCUT2D eigenvalue weighted by molar-refractivity contribution is 0.660. The third-order valence-corrected chi connectivity index (χ3v) is 4.12. The average molecular weight is 270 g/mol. The van der Waals surface area contributed by atoms with E-state index in [1.54, 1.807) is 0 Å². The van der Waals surface area contributed by atoms with E-state index in [1.807, 2.05) is 11.6 Å². The van der Waals surface area contributed by atoms with Gasteiger partial charge in [0.05, 0.1) is 11.4 Å². The molecule has 1 aliphatic rings. The van der Waals surface area contributed by atoms with Crippen molar-refractivity contribution >= 4 is 17.2 Å². The molecule has 0 amide bonds. The predicted octanol–water partition coefficient (Wildman–Crippen LogP) is 3.42. The zero-order valence-electron chi connectivity index (χ0n) is 12.2. The van der Waals surface area contributed by atoms with Gasteiger partial charge in [-0.2, -0.15) is 5.10 Å². The number of aromatic nitrogens is 2. The molecule has 1 aromatic carbocycles. The van der Waals surface area contributed by atoms with Crippen LogP contribution >= 0.6 is 0 Å². The Balaban J connectivity index is 2.00. The minimum Gasteiger partial charge on any atom is -0.394 e. The molecule has 2 aromatic rings. The van der Waals surface area contributed by atoms with Gasteiger partial charge in [-0.25, -0.2) is 4.68 Å². The second kappa shape index (κ2) is 5.19. The number of hydrogen-bond acceptors (Lipinski definition) is 3. The summed E-state index contributed by atoms with van der Waals surface area (Å²) in [6, 6.07) is 6.51. The minimum atomic E-state index is 0.750. The van der Waals surface area contributed by atoms with Crippen LogP contribution in [0.15, 0.2) is 18.2 Å². The van der Waals surface area contributed by atoms with E-state index in [4.69, 9.17) is 5.73 Å². The van der Waals surface area contributed by atoms with Gasteiger partial charge in [0.1, 0.15) is 0 Å². The molecule has 0 radical (unpaired) electrons. The van der Waals surface area contributed by atoms with Gasteiger partial charge in [-0.3, -0.25) is 0 Å². The van der Waals surface area contributed by atoms with Gasteiger partial charge in [0.2, 0.25) is 0 Å². The highest BCUT2D eigenvalue weighted by Gasteiger charge is 2.16. The van der Waals surface area contributed by atoms with E-state index in [-0.39, 0.29) is 0 Å². The molecule has 0 bridgehead atoms. The molecule has 0 atom stereocenters. The maximum atomic E-state index is 6.16. The van der Waals surface area contributed by atoms with Gasteiger partial charge in [0.15, 0.2) is 5.82 Å². The number of nitrogen functional groups attached to an aromatic ring is 1. The Hall–Kier alpha value is -1.97. The van der Waals surface area contributed by atoms with E-state index in [1.165, 1.54) is 36.1 Å². The SMILES string of the molecule is CCn1nc(C)c(N)c1Nc1cccc2c1CCCC2. The third kappa shape index (κ3) is 2.15. The van der Waals surface area contributed by atoms with Crippen molar-refractivity contribution in [1.82, 2.24) is 9.78 Å². The number of rotatable bonds is 3. The van der Waals surface area contributed by atoms with E-state index >= 15 is 0 Å². The van der Waals surface area contributed by atoms with Crippen LogP contribution in [0.4, 0.5) is 17.2 Å². The standard InChI is InChI=1S/C16H22N4/c1-3-20-16(15(17)11(2)19-20)18-14-10-6-8-12-7-4-5-9-13(12)14/h6,8,10,18H,3-5,7,9,17H2,1-2H3. The summed E-state index contributed by atoms with van der Waals surface area (Å²) in [6.45, 7) is 4.85. The molecule has 3 rings (SSSR count). The highest BCUT2D eigenvalue weighted by atomic mass is 15.3. The monoisotopic (exact) mass is 270 g/mol. The van der Waals surface area contributed by atoms with Crippen molar-refractivity contribution in [2.75, 3.05) is 11.1 Å². The first-order valence-corrected chi connectivity index (χ1v) is 7.41. The van der Waals surface area contributed by atoms with E-state index in [2.05, 4.69) is 35.5 Å². The van der Waals surface area contributed by atoms with E-state index in [0.29, 0.717) is 0 Å². The number of nitrogens with zero attached hydrogens (tertiary/aromatic N) is 2. The van der Waals surface area contributed by atoms with Crippen LogP contribution in [0.5, 0.6) is 0 Å². The van der Waals surface area contributed by atoms with Gasteiger partial charge in [0.25, 0.3) is 0 Å². The lowest BCUT2D eigenvalue weighted by Crippen LogP contribution is -2.09. The molecule has 1 heterocycles. The second-order valence-corrected chi connectivity index (χ2v) is 5.44. The van der Waals surface area contributed by atoms with Crippen LogP contribution in [-0.2, 0) is 19.4 Å². The zero-order valence-corrected chi connectivity index (χ0v) is 12.2. The maximum absolute atomic E-state index is 6.16. The molecule has 0 saturated heterocycles. The molecule has 106 valence electrons. The fourth-order valence-electron chi connectivity index (χ4n) is 2.98.